The molecule has 4 rings (SSSR count). The molecule has 0 saturated heterocycles. The van der Waals surface area contributed by atoms with Crippen molar-refractivity contribution in [2.24, 2.45) is 0 Å². The summed E-state index contributed by atoms with van der Waals surface area (Å²) in [6.07, 6.45) is 1.73. The van der Waals surface area contributed by atoms with E-state index in [4.69, 9.17) is 9.47 Å². The Kier molecular flexibility index (Phi) is 7.18. The monoisotopic (exact) mass is 530 g/mol. The quantitative estimate of drug-likeness (QED) is 0.284. The Balaban J connectivity index is 1.51. The van der Waals surface area contributed by atoms with Crippen molar-refractivity contribution in [2.45, 2.75) is 13.8 Å². The number of nitrogens with zero attached hydrogens (tertiary/aromatic N) is 2. The number of nitriles is 1. The number of halogens is 1. The van der Waals surface area contributed by atoms with Crippen LogP contribution in [0.5, 0.6) is 11.5 Å². The van der Waals surface area contributed by atoms with E-state index in [1.54, 1.807) is 30.3 Å². The predicted octanol–water partition coefficient (Wildman–Crippen LogP) is 6.03. The van der Waals surface area contributed by atoms with Crippen molar-refractivity contribution < 1.29 is 14.3 Å². The van der Waals surface area contributed by atoms with Crippen molar-refractivity contribution in [1.29, 1.82) is 5.26 Å². The molecule has 35 heavy (non-hydrogen) atoms. The highest BCUT2D eigenvalue weighted by atomic mass is 79.9. The van der Waals surface area contributed by atoms with E-state index in [9.17, 15) is 10.1 Å². The van der Waals surface area contributed by atoms with Crippen molar-refractivity contribution in [3.63, 3.8) is 0 Å². The normalized spacial score (nSPS) is 11.2. The third kappa shape index (κ3) is 5.53. The highest BCUT2D eigenvalue weighted by Gasteiger charge is 2.12. The largest absolute Gasteiger partial charge is 0.493 e. The first kappa shape index (κ1) is 24.0. The Bertz CT molecular complexity index is 1440. The van der Waals surface area contributed by atoms with Gasteiger partial charge < -0.3 is 19.8 Å². The summed E-state index contributed by atoms with van der Waals surface area (Å²) in [6, 6.07) is 18.8. The number of hydrogen-bond acceptors (Lipinski definition) is 5. The summed E-state index contributed by atoms with van der Waals surface area (Å²) in [4.78, 5) is 20.1. The maximum Gasteiger partial charge on any atom is 0.262 e. The molecule has 0 aliphatic rings. The molecule has 0 unspecified atom stereocenters. The number of aromatic amines is 1. The van der Waals surface area contributed by atoms with Gasteiger partial charge in [-0.15, -0.1) is 0 Å². The SMILES string of the molecule is COc1cc(/C=C(\C#N)c2nc3cc(C)c(C)cc3[nH]2)ccc1OCC(=O)Nc1ccccc1Br. The lowest BCUT2D eigenvalue weighted by Crippen LogP contribution is -2.20. The number of ether oxygens (including phenoxy) is 2. The van der Waals surface area contributed by atoms with E-state index in [2.05, 4.69) is 37.3 Å². The summed E-state index contributed by atoms with van der Waals surface area (Å²) in [6.45, 7) is 3.88. The molecule has 1 amide bonds. The summed E-state index contributed by atoms with van der Waals surface area (Å²) >= 11 is 3.40. The van der Waals surface area contributed by atoms with Gasteiger partial charge in [-0.05, 0) is 88.9 Å². The molecule has 4 aromatic rings. The molecule has 176 valence electrons. The predicted molar refractivity (Wildman–Crippen MR) is 140 cm³/mol. The van der Waals surface area contributed by atoms with Gasteiger partial charge in [0.25, 0.3) is 5.91 Å². The second-order valence-corrected chi connectivity index (χ2v) is 8.79. The molecule has 0 aliphatic carbocycles. The Morgan fingerprint density at radius 2 is 1.91 bits per heavy atom. The molecular formula is C27H23BrN4O3. The molecule has 7 nitrogen and oxygen atoms in total. The topological polar surface area (TPSA) is 100 Å². The summed E-state index contributed by atoms with van der Waals surface area (Å²) in [7, 11) is 1.52. The number of anilines is 1. The maximum absolute atomic E-state index is 12.3. The zero-order valence-electron chi connectivity index (χ0n) is 19.5. The Hall–Kier alpha value is -4.09. The fourth-order valence-corrected chi connectivity index (χ4v) is 3.89. The van der Waals surface area contributed by atoms with Crippen LogP contribution in [0.4, 0.5) is 5.69 Å². The minimum atomic E-state index is -0.301. The fourth-order valence-electron chi connectivity index (χ4n) is 3.50. The van der Waals surface area contributed by atoms with Gasteiger partial charge in [0, 0.05) is 4.47 Å². The highest BCUT2D eigenvalue weighted by Crippen LogP contribution is 2.30. The van der Waals surface area contributed by atoms with Crippen LogP contribution in [-0.4, -0.2) is 29.6 Å². The lowest BCUT2D eigenvalue weighted by molar-refractivity contribution is -0.118. The second-order valence-electron chi connectivity index (χ2n) is 7.94. The number of nitrogens with one attached hydrogen (secondary N) is 2. The van der Waals surface area contributed by atoms with Crippen LogP contribution in [-0.2, 0) is 4.79 Å². The Morgan fingerprint density at radius 1 is 1.14 bits per heavy atom. The molecule has 1 aromatic heterocycles. The molecule has 0 fully saturated rings. The Morgan fingerprint density at radius 3 is 2.66 bits per heavy atom. The summed E-state index contributed by atoms with van der Waals surface area (Å²) in [5.41, 5.74) is 5.77. The molecule has 0 bridgehead atoms. The molecule has 0 saturated carbocycles. The summed E-state index contributed by atoms with van der Waals surface area (Å²) in [5, 5.41) is 12.6. The summed E-state index contributed by atoms with van der Waals surface area (Å²) < 4.78 is 11.9. The van der Waals surface area contributed by atoms with Crippen LogP contribution in [0.1, 0.15) is 22.5 Å². The molecule has 1 heterocycles. The molecule has 0 radical (unpaired) electrons. The Labute approximate surface area is 211 Å². The van der Waals surface area contributed by atoms with Crippen LogP contribution in [0, 0.1) is 25.2 Å². The number of para-hydroxylation sites is 1. The number of hydrogen-bond donors (Lipinski definition) is 2. The zero-order valence-corrected chi connectivity index (χ0v) is 21.1. The zero-order chi connectivity index (χ0) is 24.9. The number of H-pyrrole nitrogens is 1. The first-order valence-corrected chi connectivity index (χ1v) is 11.6. The van der Waals surface area contributed by atoms with E-state index < -0.39 is 0 Å². The van der Waals surface area contributed by atoms with Gasteiger partial charge in [0.05, 0.1) is 29.4 Å². The second kappa shape index (κ2) is 10.5. The van der Waals surface area contributed by atoms with Crippen LogP contribution in [0.2, 0.25) is 0 Å². The van der Waals surface area contributed by atoms with Crippen molar-refractivity contribution >= 4 is 50.2 Å². The van der Waals surface area contributed by atoms with Gasteiger partial charge in [0.1, 0.15) is 11.9 Å². The summed E-state index contributed by atoms with van der Waals surface area (Å²) in [5.74, 6) is 1.06. The number of amides is 1. The highest BCUT2D eigenvalue weighted by molar-refractivity contribution is 9.10. The third-order valence-corrected chi connectivity index (χ3v) is 6.17. The van der Waals surface area contributed by atoms with E-state index >= 15 is 0 Å². The van der Waals surface area contributed by atoms with Gasteiger partial charge in [-0.25, -0.2) is 4.98 Å². The number of allylic oxidation sites excluding steroid dienone is 1. The number of carbonyl (C=O) groups excluding carboxylic acids is 1. The number of aryl methyl sites for hydroxylation is 2. The van der Waals surface area contributed by atoms with Crippen molar-refractivity contribution in [2.75, 3.05) is 19.0 Å². The molecule has 2 N–H and O–H groups in total. The van der Waals surface area contributed by atoms with Gasteiger partial charge in [0.15, 0.2) is 18.1 Å². The average Bonchev–Trinajstić information content (AvgIpc) is 3.25. The van der Waals surface area contributed by atoms with Crippen LogP contribution in [0.3, 0.4) is 0 Å². The minimum Gasteiger partial charge on any atom is -0.493 e. The molecule has 0 aliphatic heterocycles. The van der Waals surface area contributed by atoms with Crippen molar-refractivity contribution in [3.8, 4) is 17.6 Å². The van der Waals surface area contributed by atoms with Gasteiger partial charge in [-0.1, -0.05) is 18.2 Å². The van der Waals surface area contributed by atoms with E-state index in [1.807, 2.05) is 44.2 Å². The fraction of sp³-hybridized carbons (Fsp3) is 0.148. The van der Waals surface area contributed by atoms with Gasteiger partial charge in [0.2, 0.25) is 0 Å². The van der Waals surface area contributed by atoms with Crippen LogP contribution in [0.15, 0.2) is 59.1 Å². The number of rotatable bonds is 7. The number of fused-ring (bicyclic) bond motifs is 1. The first-order valence-electron chi connectivity index (χ1n) is 10.8. The molecule has 8 heteroatoms. The van der Waals surface area contributed by atoms with E-state index in [1.165, 1.54) is 7.11 Å². The number of benzene rings is 3. The van der Waals surface area contributed by atoms with E-state index in [0.717, 1.165) is 32.2 Å². The third-order valence-electron chi connectivity index (χ3n) is 5.48. The van der Waals surface area contributed by atoms with Gasteiger partial charge in [-0.3, -0.25) is 4.79 Å². The number of methoxy groups -OCH3 is 1. The number of carbonyl (C=O) groups is 1. The first-order chi connectivity index (χ1) is 16.9. The maximum atomic E-state index is 12.3. The molecular weight excluding hydrogens is 508 g/mol. The minimum absolute atomic E-state index is 0.186. The van der Waals surface area contributed by atoms with Crippen LogP contribution >= 0.6 is 15.9 Å². The van der Waals surface area contributed by atoms with Gasteiger partial charge in [-0.2, -0.15) is 5.26 Å². The van der Waals surface area contributed by atoms with Crippen molar-refractivity contribution in [3.05, 3.63) is 81.6 Å². The van der Waals surface area contributed by atoms with Crippen molar-refractivity contribution in [1.82, 2.24) is 9.97 Å². The molecule has 3 aromatic carbocycles. The lowest BCUT2D eigenvalue weighted by atomic mass is 10.1. The number of imidazole rings is 1. The average molecular weight is 531 g/mol. The smallest absolute Gasteiger partial charge is 0.262 e. The molecule has 0 spiro atoms. The van der Waals surface area contributed by atoms with E-state index in [-0.39, 0.29) is 12.5 Å². The van der Waals surface area contributed by atoms with E-state index in [0.29, 0.717) is 28.6 Å². The lowest BCUT2D eigenvalue weighted by Gasteiger charge is -2.12. The standard InChI is InChI=1S/C27H23BrN4O3/c1-16-10-22-23(11-17(16)2)32-27(31-22)19(14-29)12-18-8-9-24(25(13-18)34-3)35-15-26(33)30-21-7-5-4-6-20(21)28/h4-13H,15H2,1-3H3,(H,30,33)(H,31,32)/b19-12+. The van der Waals surface area contributed by atoms with Crippen LogP contribution in [0.25, 0.3) is 22.7 Å². The molecule has 0 atom stereocenters. The number of aromatic nitrogens is 2. The van der Waals surface area contributed by atoms with Crippen LogP contribution < -0.4 is 14.8 Å². The van der Waals surface area contributed by atoms with Gasteiger partial charge >= 0.3 is 0 Å².